The second-order valence-corrected chi connectivity index (χ2v) is 5.61. The molecular formula is C16H22N4. The first-order chi connectivity index (χ1) is 9.79. The van der Waals surface area contributed by atoms with Crippen LogP contribution in [0.15, 0.2) is 42.7 Å². The average Bonchev–Trinajstić information content (AvgIpc) is 2.98. The lowest BCUT2D eigenvalue weighted by atomic mass is 9.94. The fraction of sp³-hybridized carbons (Fsp3) is 0.438. The molecule has 3 rings (SSSR count). The van der Waals surface area contributed by atoms with Gasteiger partial charge in [-0.3, -0.25) is 4.57 Å². The van der Waals surface area contributed by atoms with Crippen LogP contribution in [-0.4, -0.2) is 28.7 Å². The molecule has 1 aliphatic heterocycles. The van der Waals surface area contributed by atoms with Crippen molar-refractivity contribution in [2.24, 2.45) is 11.7 Å². The van der Waals surface area contributed by atoms with Crippen molar-refractivity contribution < 1.29 is 0 Å². The van der Waals surface area contributed by atoms with Crippen LogP contribution in [0.3, 0.4) is 0 Å². The first kappa shape index (κ1) is 13.2. The van der Waals surface area contributed by atoms with Crippen LogP contribution < -0.4 is 10.6 Å². The molecule has 0 saturated carbocycles. The second kappa shape index (κ2) is 5.67. The summed E-state index contributed by atoms with van der Waals surface area (Å²) in [5, 5.41) is 0. The maximum atomic E-state index is 5.86. The van der Waals surface area contributed by atoms with E-state index < -0.39 is 0 Å². The fourth-order valence-corrected chi connectivity index (χ4v) is 2.95. The monoisotopic (exact) mass is 270 g/mol. The Morgan fingerprint density at radius 3 is 2.80 bits per heavy atom. The Bertz CT molecular complexity index is 549. The van der Waals surface area contributed by atoms with Crippen LogP contribution in [0.1, 0.15) is 19.8 Å². The topological polar surface area (TPSA) is 47.1 Å². The van der Waals surface area contributed by atoms with E-state index in [2.05, 4.69) is 45.6 Å². The molecule has 2 atom stereocenters. The first-order valence-corrected chi connectivity index (χ1v) is 7.35. The number of nitrogens with two attached hydrogens (primary N) is 1. The number of imidazole rings is 1. The number of piperidine rings is 1. The number of para-hydroxylation sites is 1. The molecule has 2 N–H and O–H groups in total. The molecule has 1 aliphatic rings. The fourth-order valence-electron chi connectivity index (χ4n) is 2.95. The van der Waals surface area contributed by atoms with Gasteiger partial charge in [0.05, 0.1) is 0 Å². The van der Waals surface area contributed by atoms with Gasteiger partial charge in [-0.2, -0.15) is 0 Å². The molecule has 0 amide bonds. The molecule has 1 aromatic heterocycles. The smallest absolute Gasteiger partial charge is 0.210 e. The quantitative estimate of drug-likeness (QED) is 0.932. The predicted octanol–water partition coefficient (Wildman–Crippen LogP) is 2.44. The van der Waals surface area contributed by atoms with Crippen LogP contribution in [0.4, 0.5) is 5.95 Å². The molecule has 0 spiro atoms. The van der Waals surface area contributed by atoms with Crippen molar-refractivity contribution in [1.29, 1.82) is 0 Å². The summed E-state index contributed by atoms with van der Waals surface area (Å²) in [6.45, 7) is 4.04. The SMILES string of the molecule is CC1CCC(CN)CN1c1nccn1-c1ccccc1. The van der Waals surface area contributed by atoms with Crippen molar-refractivity contribution in [2.75, 3.05) is 18.0 Å². The van der Waals surface area contributed by atoms with Crippen molar-refractivity contribution in [3.8, 4) is 5.69 Å². The van der Waals surface area contributed by atoms with Crippen molar-refractivity contribution >= 4 is 5.95 Å². The Kier molecular flexibility index (Phi) is 3.74. The minimum absolute atomic E-state index is 0.516. The van der Waals surface area contributed by atoms with Crippen LogP contribution in [-0.2, 0) is 0 Å². The van der Waals surface area contributed by atoms with Gasteiger partial charge in [0.1, 0.15) is 0 Å². The van der Waals surface area contributed by atoms with Crippen LogP contribution in [0, 0.1) is 5.92 Å². The van der Waals surface area contributed by atoms with Crippen LogP contribution in [0.5, 0.6) is 0 Å². The normalized spacial score (nSPS) is 23.0. The summed E-state index contributed by atoms with van der Waals surface area (Å²) in [4.78, 5) is 6.98. The lowest BCUT2D eigenvalue weighted by molar-refractivity contribution is 0.369. The summed E-state index contributed by atoms with van der Waals surface area (Å²) >= 11 is 0. The lowest BCUT2D eigenvalue weighted by Gasteiger charge is -2.38. The second-order valence-electron chi connectivity index (χ2n) is 5.61. The number of nitrogens with zero attached hydrogens (tertiary/aromatic N) is 3. The van der Waals surface area contributed by atoms with Crippen LogP contribution in [0.25, 0.3) is 5.69 Å². The number of benzene rings is 1. The van der Waals surface area contributed by atoms with Gasteiger partial charge in [-0.05, 0) is 44.4 Å². The zero-order valence-corrected chi connectivity index (χ0v) is 11.9. The van der Waals surface area contributed by atoms with E-state index in [1.807, 2.05) is 18.5 Å². The highest BCUT2D eigenvalue weighted by Crippen LogP contribution is 2.27. The van der Waals surface area contributed by atoms with Gasteiger partial charge in [0.15, 0.2) is 0 Å². The van der Waals surface area contributed by atoms with Gasteiger partial charge in [0.2, 0.25) is 5.95 Å². The van der Waals surface area contributed by atoms with Gasteiger partial charge in [-0.1, -0.05) is 18.2 Å². The molecule has 2 unspecified atom stereocenters. The number of rotatable bonds is 3. The minimum Gasteiger partial charge on any atom is -0.339 e. The molecule has 2 heterocycles. The highest BCUT2D eigenvalue weighted by molar-refractivity contribution is 5.44. The molecule has 0 aliphatic carbocycles. The summed E-state index contributed by atoms with van der Waals surface area (Å²) in [7, 11) is 0. The first-order valence-electron chi connectivity index (χ1n) is 7.35. The Morgan fingerprint density at radius 2 is 2.05 bits per heavy atom. The summed E-state index contributed by atoms with van der Waals surface area (Å²) in [6.07, 6.45) is 6.31. The summed E-state index contributed by atoms with van der Waals surface area (Å²) in [5.41, 5.74) is 7.01. The molecule has 0 bridgehead atoms. The van der Waals surface area contributed by atoms with Gasteiger partial charge in [-0.25, -0.2) is 4.98 Å². The predicted molar refractivity (Wildman–Crippen MR) is 82.2 cm³/mol. The highest BCUT2D eigenvalue weighted by atomic mass is 15.3. The van der Waals surface area contributed by atoms with Gasteiger partial charge < -0.3 is 10.6 Å². The molecule has 0 radical (unpaired) electrons. The van der Waals surface area contributed by atoms with Crippen LogP contribution >= 0.6 is 0 Å². The zero-order chi connectivity index (χ0) is 13.9. The molecule has 1 saturated heterocycles. The van der Waals surface area contributed by atoms with E-state index in [9.17, 15) is 0 Å². The van der Waals surface area contributed by atoms with Crippen molar-refractivity contribution in [3.05, 3.63) is 42.7 Å². The zero-order valence-electron chi connectivity index (χ0n) is 11.9. The molecule has 2 aromatic rings. The third-order valence-electron chi connectivity index (χ3n) is 4.23. The van der Waals surface area contributed by atoms with E-state index >= 15 is 0 Å². The summed E-state index contributed by atoms with van der Waals surface area (Å²) in [5.74, 6) is 1.61. The van der Waals surface area contributed by atoms with Gasteiger partial charge in [-0.15, -0.1) is 0 Å². The average molecular weight is 270 g/mol. The van der Waals surface area contributed by atoms with Gasteiger partial charge >= 0.3 is 0 Å². The lowest BCUT2D eigenvalue weighted by Crippen LogP contribution is -2.45. The molecule has 1 aromatic carbocycles. The largest absolute Gasteiger partial charge is 0.339 e. The summed E-state index contributed by atoms with van der Waals surface area (Å²) < 4.78 is 2.16. The standard InChI is InChI=1S/C16H22N4/c1-13-7-8-14(11-17)12-20(13)16-18-9-10-19(16)15-5-3-2-4-6-15/h2-6,9-10,13-14H,7-8,11-12,17H2,1H3. The van der Waals surface area contributed by atoms with E-state index in [-0.39, 0.29) is 0 Å². The number of hydrogen-bond donors (Lipinski definition) is 1. The number of hydrogen-bond acceptors (Lipinski definition) is 3. The molecule has 1 fully saturated rings. The molecule has 106 valence electrons. The maximum Gasteiger partial charge on any atom is 0.210 e. The molecule has 4 heteroatoms. The van der Waals surface area contributed by atoms with Gasteiger partial charge in [0.25, 0.3) is 0 Å². The number of aromatic nitrogens is 2. The Morgan fingerprint density at radius 1 is 1.25 bits per heavy atom. The van der Waals surface area contributed by atoms with E-state index in [1.54, 1.807) is 0 Å². The van der Waals surface area contributed by atoms with E-state index in [1.165, 1.54) is 12.8 Å². The summed E-state index contributed by atoms with van der Waals surface area (Å²) in [6, 6.07) is 10.9. The van der Waals surface area contributed by atoms with Crippen molar-refractivity contribution in [3.63, 3.8) is 0 Å². The van der Waals surface area contributed by atoms with Crippen molar-refractivity contribution in [2.45, 2.75) is 25.8 Å². The Balaban J connectivity index is 1.92. The molecular weight excluding hydrogens is 248 g/mol. The third kappa shape index (κ3) is 2.43. The van der Waals surface area contributed by atoms with Crippen LogP contribution in [0.2, 0.25) is 0 Å². The third-order valence-corrected chi connectivity index (χ3v) is 4.23. The number of anilines is 1. The van der Waals surface area contributed by atoms with E-state index in [4.69, 9.17) is 5.73 Å². The van der Waals surface area contributed by atoms with E-state index in [0.717, 1.165) is 24.7 Å². The highest BCUT2D eigenvalue weighted by Gasteiger charge is 2.27. The maximum absolute atomic E-state index is 5.86. The Labute approximate surface area is 120 Å². The minimum atomic E-state index is 0.516. The molecule has 4 nitrogen and oxygen atoms in total. The van der Waals surface area contributed by atoms with Gasteiger partial charge in [0, 0.05) is 30.7 Å². The Hall–Kier alpha value is -1.81. The van der Waals surface area contributed by atoms with E-state index in [0.29, 0.717) is 12.0 Å². The molecule has 20 heavy (non-hydrogen) atoms. The van der Waals surface area contributed by atoms with Crippen molar-refractivity contribution in [1.82, 2.24) is 9.55 Å².